The van der Waals surface area contributed by atoms with Gasteiger partial charge in [-0.3, -0.25) is 0 Å². The fraction of sp³-hybridized carbons (Fsp3) is 0.111. The molecule has 0 N–H and O–H groups in total. The molecule has 0 atom stereocenters. The Morgan fingerprint density at radius 2 is 1.79 bits per heavy atom. The third kappa shape index (κ3) is 2.81. The van der Waals surface area contributed by atoms with Crippen molar-refractivity contribution in [2.75, 3.05) is 0 Å². The SMILES string of the molecule is Cc1ccccc1-c1nnn(Cc2coc(-c3ccccc3)n2)n1. The number of nitrogens with zero attached hydrogens (tertiary/aromatic N) is 5. The third-order valence-corrected chi connectivity index (χ3v) is 3.71. The Hall–Kier alpha value is -3.28. The Bertz CT molecular complexity index is 958. The van der Waals surface area contributed by atoms with Gasteiger partial charge in [0.05, 0.1) is 0 Å². The fourth-order valence-electron chi connectivity index (χ4n) is 2.48. The van der Waals surface area contributed by atoms with Crippen LogP contribution in [0.15, 0.2) is 65.3 Å². The van der Waals surface area contributed by atoms with Crippen LogP contribution in [0.25, 0.3) is 22.8 Å². The lowest BCUT2D eigenvalue weighted by Gasteiger charge is -1.98. The molecule has 0 unspecified atom stereocenters. The summed E-state index contributed by atoms with van der Waals surface area (Å²) in [5, 5.41) is 12.7. The van der Waals surface area contributed by atoms with E-state index in [0.29, 0.717) is 18.3 Å². The quantitative estimate of drug-likeness (QED) is 0.577. The molecule has 6 nitrogen and oxygen atoms in total. The topological polar surface area (TPSA) is 69.6 Å². The molecule has 2 aromatic carbocycles. The highest BCUT2D eigenvalue weighted by molar-refractivity contribution is 5.58. The number of hydrogen-bond acceptors (Lipinski definition) is 5. The van der Waals surface area contributed by atoms with Crippen LogP contribution in [-0.2, 0) is 6.54 Å². The van der Waals surface area contributed by atoms with Gasteiger partial charge in [-0.25, -0.2) is 4.98 Å². The van der Waals surface area contributed by atoms with Crippen molar-refractivity contribution in [3.63, 3.8) is 0 Å². The number of benzene rings is 2. The van der Waals surface area contributed by atoms with Gasteiger partial charge in [0.2, 0.25) is 11.7 Å². The van der Waals surface area contributed by atoms with E-state index in [9.17, 15) is 0 Å². The Balaban J connectivity index is 1.55. The smallest absolute Gasteiger partial charge is 0.226 e. The molecule has 0 aliphatic heterocycles. The van der Waals surface area contributed by atoms with Crippen molar-refractivity contribution in [2.45, 2.75) is 13.5 Å². The zero-order chi connectivity index (χ0) is 16.4. The minimum Gasteiger partial charge on any atom is -0.444 e. The first-order valence-corrected chi connectivity index (χ1v) is 7.63. The van der Waals surface area contributed by atoms with E-state index in [4.69, 9.17) is 4.42 Å². The summed E-state index contributed by atoms with van der Waals surface area (Å²) in [4.78, 5) is 6.00. The number of oxazole rings is 1. The zero-order valence-corrected chi connectivity index (χ0v) is 13.1. The van der Waals surface area contributed by atoms with Crippen LogP contribution < -0.4 is 0 Å². The molecule has 0 aliphatic rings. The highest BCUT2D eigenvalue weighted by Gasteiger charge is 2.11. The van der Waals surface area contributed by atoms with Crippen molar-refractivity contribution in [1.82, 2.24) is 25.2 Å². The van der Waals surface area contributed by atoms with Gasteiger partial charge in [-0.1, -0.05) is 42.5 Å². The highest BCUT2D eigenvalue weighted by atomic mass is 16.3. The predicted molar refractivity (Wildman–Crippen MR) is 89.0 cm³/mol. The first kappa shape index (κ1) is 14.3. The molecular weight excluding hydrogens is 302 g/mol. The van der Waals surface area contributed by atoms with E-state index in [1.807, 2.05) is 61.5 Å². The van der Waals surface area contributed by atoms with Gasteiger partial charge in [0, 0.05) is 11.1 Å². The van der Waals surface area contributed by atoms with Gasteiger partial charge in [0.1, 0.15) is 18.5 Å². The first-order valence-electron chi connectivity index (χ1n) is 7.63. The van der Waals surface area contributed by atoms with Gasteiger partial charge in [0.15, 0.2) is 0 Å². The van der Waals surface area contributed by atoms with Crippen molar-refractivity contribution in [3.05, 3.63) is 72.1 Å². The molecule has 0 saturated heterocycles. The van der Waals surface area contributed by atoms with Crippen LogP contribution in [0.4, 0.5) is 0 Å². The predicted octanol–water partition coefficient (Wildman–Crippen LogP) is 3.35. The fourth-order valence-corrected chi connectivity index (χ4v) is 2.48. The summed E-state index contributed by atoms with van der Waals surface area (Å²) in [6, 6.07) is 17.7. The molecule has 0 spiro atoms. The van der Waals surface area contributed by atoms with Crippen LogP contribution in [0.5, 0.6) is 0 Å². The molecule has 0 radical (unpaired) electrons. The van der Waals surface area contributed by atoms with Crippen LogP contribution in [0.3, 0.4) is 0 Å². The van der Waals surface area contributed by atoms with Gasteiger partial charge >= 0.3 is 0 Å². The molecule has 4 rings (SSSR count). The largest absolute Gasteiger partial charge is 0.444 e. The van der Waals surface area contributed by atoms with Gasteiger partial charge in [-0.15, -0.1) is 10.2 Å². The lowest BCUT2D eigenvalue weighted by atomic mass is 10.1. The second-order valence-electron chi connectivity index (χ2n) is 5.47. The molecule has 24 heavy (non-hydrogen) atoms. The molecule has 2 heterocycles. The number of aryl methyl sites for hydroxylation is 1. The van der Waals surface area contributed by atoms with Crippen LogP contribution in [0, 0.1) is 6.92 Å². The second kappa shape index (κ2) is 6.08. The molecule has 2 aromatic heterocycles. The maximum absolute atomic E-state index is 5.53. The summed E-state index contributed by atoms with van der Waals surface area (Å²) in [5.74, 6) is 1.20. The van der Waals surface area contributed by atoms with E-state index in [-0.39, 0.29) is 0 Å². The zero-order valence-electron chi connectivity index (χ0n) is 13.1. The van der Waals surface area contributed by atoms with E-state index in [0.717, 1.165) is 22.4 Å². The summed E-state index contributed by atoms with van der Waals surface area (Å²) in [5.41, 5.74) is 3.79. The van der Waals surface area contributed by atoms with Crippen LogP contribution in [0.2, 0.25) is 0 Å². The number of rotatable bonds is 4. The maximum Gasteiger partial charge on any atom is 0.226 e. The standard InChI is InChI=1S/C18H15N5O/c1-13-7-5-6-10-16(13)17-20-22-23(21-17)11-15-12-24-18(19-15)14-8-3-2-4-9-14/h2-10,12H,11H2,1H3. The highest BCUT2D eigenvalue weighted by Crippen LogP contribution is 2.19. The minimum absolute atomic E-state index is 0.412. The maximum atomic E-state index is 5.53. The summed E-state index contributed by atoms with van der Waals surface area (Å²) < 4.78 is 5.53. The van der Waals surface area contributed by atoms with Crippen molar-refractivity contribution >= 4 is 0 Å². The molecule has 0 amide bonds. The normalized spacial score (nSPS) is 10.9. The molecule has 4 aromatic rings. The van der Waals surface area contributed by atoms with E-state index in [1.165, 1.54) is 4.80 Å². The molecule has 6 heteroatoms. The summed E-state index contributed by atoms with van der Waals surface area (Å²) in [7, 11) is 0. The molecular formula is C18H15N5O. The molecule has 0 saturated carbocycles. The van der Waals surface area contributed by atoms with Gasteiger partial charge in [-0.2, -0.15) is 4.80 Å². The minimum atomic E-state index is 0.412. The summed E-state index contributed by atoms with van der Waals surface area (Å²) in [6.45, 7) is 2.44. The summed E-state index contributed by atoms with van der Waals surface area (Å²) in [6.07, 6.45) is 1.62. The van der Waals surface area contributed by atoms with E-state index in [1.54, 1.807) is 6.26 Å². The van der Waals surface area contributed by atoms with Crippen LogP contribution >= 0.6 is 0 Å². The van der Waals surface area contributed by atoms with Gasteiger partial charge < -0.3 is 4.42 Å². The van der Waals surface area contributed by atoms with E-state index >= 15 is 0 Å². The van der Waals surface area contributed by atoms with Crippen molar-refractivity contribution < 1.29 is 4.42 Å². The Labute approximate surface area is 138 Å². The lowest BCUT2D eigenvalue weighted by Crippen LogP contribution is -2.04. The monoisotopic (exact) mass is 317 g/mol. The van der Waals surface area contributed by atoms with E-state index < -0.39 is 0 Å². The van der Waals surface area contributed by atoms with Gasteiger partial charge in [0.25, 0.3) is 0 Å². The van der Waals surface area contributed by atoms with Crippen LogP contribution in [0.1, 0.15) is 11.3 Å². The van der Waals surface area contributed by atoms with E-state index in [2.05, 4.69) is 20.4 Å². The van der Waals surface area contributed by atoms with Crippen LogP contribution in [-0.4, -0.2) is 25.2 Å². The Morgan fingerprint density at radius 3 is 2.62 bits per heavy atom. The van der Waals surface area contributed by atoms with Crippen molar-refractivity contribution in [2.24, 2.45) is 0 Å². The Kier molecular flexibility index (Phi) is 3.63. The number of hydrogen-bond donors (Lipinski definition) is 0. The average Bonchev–Trinajstić information content (AvgIpc) is 3.26. The second-order valence-corrected chi connectivity index (χ2v) is 5.47. The van der Waals surface area contributed by atoms with Crippen molar-refractivity contribution in [1.29, 1.82) is 0 Å². The first-order chi connectivity index (χ1) is 11.8. The van der Waals surface area contributed by atoms with Crippen molar-refractivity contribution in [3.8, 4) is 22.8 Å². The molecule has 0 aliphatic carbocycles. The third-order valence-electron chi connectivity index (χ3n) is 3.71. The average molecular weight is 317 g/mol. The molecule has 0 fully saturated rings. The Morgan fingerprint density at radius 1 is 1.00 bits per heavy atom. The molecule has 0 bridgehead atoms. The number of tetrazole rings is 1. The van der Waals surface area contributed by atoms with Gasteiger partial charge in [-0.05, 0) is 29.8 Å². The number of aromatic nitrogens is 5. The summed E-state index contributed by atoms with van der Waals surface area (Å²) >= 11 is 0. The molecule has 118 valence electrons. The lowest BCUT2D eigenvalue weighted by molar-refractivity contribution is 0.550.